The van der Waals surface area contributed by atoms with Gasteiger partial charge in [-0.2, -0.15) is 0 Å². The fourth-order valence-electron chi connectivity index (χ4n) is 2.31. The van der Waals surface area contributed by atoms with Crippen LogP contribution in [0.5, 0.6) is 0 Å². The molecular formula is C19H14F2N2O3S. The van der Waals surface area contributed by atoms with E-state index in [0.717, 1.165) is 18.2 Å². The van der Waals surface area contributed by atoms with Gasteiger partial charge < -0.3 is 5.32 Å². The van der Waals surface area contributed by atoms with Gasteiger partial charge >= 0.3 is 0 Å². The molecule has 3 rings (SSSR count). The first-order chi connectivity index (χ1) is 12.8. The van der Waals surface area contributed by atoms with E-state index < -0.39 is 27.6 Å². The Balaban J connectivity index is 1.81. The van der Waals surface area contributed by atoms with E-state index in [1.165, 1.54) is 54.6 Å². The molecule has 0 unspecified atom stereocenters. The Kier molecular flexibility index (Phi) is 5.18. The van der Waals surface area contributed by atoms with Crippen molar-refractivity contribution >= 4 is 27.3 Å². The highest BCUT2D eigenvalue weighted by molar-refractivity contribution is 7.92. The smallest absolute Gasteiger partial charge is 0.261 e. The maximum atomic E-state index is 13.2. The van der Waals surface area contributed by atoms with Crippen LogP contribution in [-0.4, -0.2) is 14.3 Å². The summed E-state index contributed by atoms with van der Waals surface area (Å²) in [4.78, 5) is 12.2. The van der Waals surface area contributed by atoms with Crippen LogP contribution in [0.3, 0.4) is 0 Å². The average Bonchev–Trinajstić information content (AvgIpc) is 2.63. The minimum Gasteiger partial charge on any atom is -0.322 e. The van der Waals surface area contributed by atoms with Crippen molar-refractivity contribution in [2.45, 2.75) is 4.90 Å². The Hall–Kier alpha value is -3.26. The van der Waals surface area contributed by atoms with Gasteiger partial charge in [-0.15, -0.1) is 0 Å². The number of carbonyl (C=O) groups is 1. The Morgan fingerprint density at radius 2 is 1.48 bits per heavy atom. The van der Waals surface area contributed by atoms with E-state index >= 15 is 0 Å². The molecule has 5 nitrogen and oxygen atoms in total. The highest BCUT2D eigenvalue weighted by atomic mass is 32.2. The number of amides is 1. The molecule has 0 atom stereocenters. The molecule has 8 heteroatoms. The highest BCUT2D eigenvalue weighted by Crippen LogP contribution is 2.18. The van der Waals surface area contributed by atoms with Crippen molar-refractivity contribution < 1.29 is 22.0 Å². The molecule has 0 fully saturated rings. The molecule has 0 saturated carbocycles. The van der Waals surface area contributed by atoms with Crippen LogP contribution in [0, 0.1) is 11.6 Å². The monoisotopic (exact) mass is 388 g/mol. The molecule has 1 amide bonds. The molecule has 0 aromatic heterocycles. The van der Waals surface area contributed by atoms with Crippen molar-refractivity contribution in [1.29, 1.82) is 0 Å². The molecule has 138 valence electrons. The van der Waals surface area contributed by atoms with E-state index in [-0.39, 0.29) is 21.8 Å². The van der Waals surface area contributed by atoms with Crippen LogP contribution in [0.15, 0.2) is 77.7 Å². The summed E-state index contributed by atoms with van der Waals surface area (Å²) in [7, 11) is -3.97. The third-order valence-electron chi connectivity index (χ3n) is 3.59. The number of rotatable bonds is 5. The van der Waals surface area contributed by atoms with E-state index in [2.05, 4.69) is 10.0 Å². The molecule has 0 spiro atoms. The zero-order chi connectivity index (χ0) is 19.4. The van der Waals surface area contributed by atoms with Crippen LogP contribution in [0.25, 0.3) is 0 Å². The van der Waals surface area contributed by atoms with Crippen molar-refractivity contribution in [2.75, 3.05) is 10.0 Å². The standard InChI is InChI=1S/C19H14F2N2O3S/c20-14-7-9-16(10-8-14)23-27(25,26)18-6-1-3-13(11-18)19(24)22-17-5-2-4-15(21)12-17/h1-12,23H,(H,22,24). The normalized spacial score (nSPS) is 11.0. The summed E-state index contributed by atoms with van der Waals surface area (Å²) < 4.78 is 53.4. The van der Waals surface area contributed by atoms with Gasteiger partial charge in [0.1, 0.15) is 11.6 Å². The van der Waals surface area contributed by atoms with E-state index in [9.17, 15) is 22.0 Å². The number of nitrogens with one attached hydrogen (secondary N) is 2. The summed E-state index contributed by atoms with van der Waals surface area (Å²) in [5.74, 6) is -1.58. The second-order valence-corrected chi connectivity index (χ2v) is 7.29. The summed E-state index contributed by atoms with van der Waals surface area (Å²) in [6, 6.07) is 15.5. The Morgan fingerprint density at radius 1 is 0.778 bits per heavy atom. The summed E-state index contributed by atoms with van der Waals surface area (Å²) in [5, 5.41) is 2.50. The summed E-state index contributed by atoms with van der Waals surface area (Å²) >= 11 is 0. The molecule has 0 aliphatic heterocycles. The predicted octanol–water partition coefficient (Wildman–Crippen LogP) is 4.02. The predicted molar refractivity (Wildman–Crippen MR) is 98.0 cm³/mol. The summed E-state index contributed by atoms with van der Waals surface area (Å²) in [5.41, 5.74) is 0.518. The minimum absolute atomic E-state index is 0.0845. The van der Waals surface area contributed by atoms with Gasteiger partial charge in [-0.05, 0) is 60.7 Å². The maximum absolute atomic E-state index is 13.2. The van der Waals surface area contributed by atoms with Crippen LogP contribution >= 0.6 is 0 Å². The topological polar surface area (TPSA) is 75.3 Å². The Bertz CT molecular complexity index is 1080. The minimum atomic E-state index is -3.97. The number of anilines is 2. The van der Waals surface area contributed by atoms with Gasteiger partial charge in [0, 0.05) is 16.9 Å². The zero-order valence-electron chi connectivity index (χ0n) is 13.8. The fraction of sp³-hybridized carbons (Fsp3) is 0. The van der Waals surface area contributed by atoms with Crippen LogP contribution < -0.4 is 10.0 Å². The van der Waals surface area contributed by atoms with E-state index in [0.29, 0.717) is 0 Å². The van der Waals surface area contributed by atoms with E-state index in [1.807, 2.05) is 0 Å². The van der Waals surface area contributed by atoms with Gasteiger partial charge in [-0.3, -0.25) is 9.52 Å². The molecule has 3 aromatic rings. The quantitative estimate of drug-likeness (QED) is 0.693. The van der Waals surface area contributed by atoms with Crippen LogP contribution in [0.2, 0.25) is 0 Å². The summed E-state index contributed by atoms with van der Waals surface area (Å²) in [6.07, 6.45) is 0. The van der Waals surface area contributed by atoms with Crippen molar-refractivity contribution in [3.05, 3.63) is 90.0 Å². The average molecular weight is 388 g/mol. The molecule has 2 N–H and O–H groups in total. The molecule has 27 heavy (non-hydrogen) atoms. The number of sulfonamides is 1. The van der Waals surface area contributed by atoms with Crippen LogP contribution in [0.1, 0.15) is 10.4 Å². The Labute approximate surface area is 154 Å². The van der Waals surface area contributed by atoms with Crippen molar-refractivity contribution in [2.24, 2.45) is 0 Å². The third-order valence-corrected chi connectivity index (χ3v) is 4.96. The number of carbonyl (C=O) groups excluding carboxylic acids is 1. The number of hydrogen-bond donors (Lipinski definition) is 2. The van der Waals surface area contributed by atoms with Crippen molar-refractivity contribution in [1.82, 2.24) is 0 Å². The van der Waals surface area contributed by atoms with Gasteiger partial charge in [0.25, 0.3) is 15.9 Å². The highest BCUT2D eigenvalue weighted by Gasteiger charge is 2.17. The molecule has 0 radical (unpaired) electrons. The number of halogens is 2. The maximum Gasteiger partial charge on any atom is 0.261 e. The lowest BCUT2D eigenvalue weighted by Gasteiger charge is -2.10. The van der Waals surface area contributed by atoms with Gasteiger partial charge in [0.05, 0.1) is 4.90 Å². The van der Waals surface area contributed by atoms with Crippen molar-refractivity contribution in [3.8, 4) is 0 Å². The molecule has 0 saturated heterocycles. The van der Waals surface area contributed by atoms with Gasteiger partial charge in [0.15, 0.2) is 0 Å². The molecule has 0 aliphatic rings. The lowest BCUT2D eigenvalue weighted by molar-refractivity contribution is 0.102. The lowest BCUT2D eigenvalue weighted by atomic mass is 10.2. The lowest BCUT2D eigenvalue weighted by Crippen LogP contribution is -2.16. The van der Waals surface area contributed by atoms with Gasteiger partial charge in [0.2, 0.25) is 0 Å². The second kappa shape index (κ2) is 7.55. The molecule has 0 aliphatic carbocycles. The second-order valence-electron chi connectivity index (χ2n) is 5.60. The molecule has 3 aromatic carbocycles. The fourth-order valence-corrected chi connectivity index (χ4v) is 3.41. The largest absolute Gasteiger partial charge is 0.322 e. The molecule has 0 heterocycles. The van der Waals surface area contributed by atoms with Crippen LogP contribution in [-0.2, 0) is 10.0 Å². The van der Waals surface area contributed by atoms with Crippen LogP contribution in [0.4, 0.5) is 20.2 Å². The first kappa shape index (κ1) is 18.5. The molecular weight excluding hydrogens is 374 g/mol. The third kappa shape index (κ3) is 4.68. The van der Waals surface area contributed by atoms with Crippen molar-refractivity contribution in [3.63, 3.8) is 0 Å². The zero-order valence-corrected chi connectivity index (χ0v) is 14.6. The SMILES string of the molecule is O=C(Nc1cccc(F)c1)c1cccc(S(=O)(=O)Nc2ccc(F)cc2)c1. The first-order valence-electron chi connectivity index (χ1n) is 7.79. The van der Waals surface area contributed by atoms with Gasteiger partial charge in [-0.1, -0.05) is 12.1 Å². The number of benzene rings is 3. The first-order valence-corrected chi connectivity index (χ1v) is 9.27. The van der Waals surface area contributed by atoms with E-state index in [4.69, 9.17) is 0 Å². The van der Waals surface area contributed by atoms with Gasteiger partial charge in [-0.25, -0.2) is 17.2 Å². The summed E-state index contributed by atoms with van der Waals surface area (Å²) in [6.45, 7) is 0. The number of hydrogen-bond acceptors (Lipinski definition) is 3. The molecule has 0 bridgehead atoms. The van der Waals surface area contributed by atoms with E-state index in [1.54, 1.807) is 0 Å². The Morgan fingerprint density at radius 3 is 2.19 bits per heavy atom.